The number of carbonyl (C=O) groups excluding carboxylic acids is 3. The molecule has 0 bridgehead atoms. The van der Waals surface area contributed by atoms with E-state index in [2.05, 4.69) is 52.0 Å². The molecule has 0 radical (unpaired) electrons. The first-order chi connectivity index (χ1) is 15.0. The minimum atomic E-state index is -0.679. The Morgan fingerprint density at radius 2 is 1.31 bits per heavy atom. The van der Waals surface area contributed by atoms with E-state index in [0.717, 1.165) is 18.4 Å². The first-order valence-electron chi connectivity index (χ1n) is 11.6. The van der Waals surface area contributed by atoms with E-state index in [-0.39, 0.29) is 28.2 Å². The number of aryl methyl sites for hydroxylation is 1. The standard InChI is InChI=1S/C29H32O3/c1-18-16-22-23(29(4,5)15-14-28(22,2)3)17-21(18)27(32)20-12-10-19(11-13-20)26-24(30)8-6-7-9-25(26)31/h10-17,26H,6-9H2,1-5H3. The van der Waals surface area contributed by atoms with Gasteiger partial charge in [-0.25, -0.2) is 0 Å². The highest BCUT2D eigenvalue weighted by molar-refractivity contribution is 6.11. The zero-order valence-electron chi connectivity index (χ0n) is 19.7. The molecule has 166 valence electrons. The van der Waals surface area contributed by atoms with E-state index >= 15 is 0 Å². The summed E-state index contributed by atoms with van der Waals surface area (Å²) >= 11 is 0. The molecule has 1 saturated carbocycles. The van der Waals surface area contributed by atoms with Crippen molar-refractivity contribution >= 4 is 17.3 Å². The Labute approximate surface area is 190 Å². The average molecular weight is 429 g/mol. The van der Waals surface area contributed by atoms with E-state index in [4.69, 9.17) is 0 Å². The number of rotatable bonds is 3. The van der Waals surface area contributed by atoms with Crippen LogP contribution in [0.1, 0.15) is 97.5 Å². The van der Waals surface area contributed by atoms with Crippen LogP contribution in [0, 0.1) is 6.92 Å². The molecule has 0 unspecified atom stereocenters. The molecule has 2 aliphatic rings. The van der Waals surface area contributed by atoms with Crippen molar-refractivity contribution in [2.24, 2.45) is 0 Å². The molecule has 0 N–H and O–H groups in total. The predicted octanol–water partition coefficient (Wildman–Crippen LogP) is 6.15. The van der Waals surface area contributed by atoms with Crippen LogP contribution in [-0.2, 0) is 20.4 Å². The molecular weight excluding hydrogens is 396 g/mol. The third-order valence-corrected chi connectivity index (χ3v) is 7.16. The molecule has 2 aromatic rings. The lowest BCUT2D eigenvalue weighted by Gasteiger charge is -2.37. The molecule has 0 aliphatic heterocycles. The molecule has 32 heavy (non-hydrogen) atoms. The highest BCUT2D eigenvalue weighted by Crippen LogP contribution is 2.42. The number of hydrogen-bond acceptors (Lipinski definition) is 3. The highest BCUT2D eigenvalue weighted by Gasteiger charge is 2.34. The van der Waals surface area contributed by atoms with Gasteiger partial charge in [0.1, 0.15) is 17.5 Å². The predicted molar refractivity (Wildman–Crippen MR) is 127 cm³/mol. The second-order valence-corrected chi connectivity index (χ2v) is 10.5. The summed E-state index contributed by atoms with van der Waals surface area (Å²) in [5.74, 6) is -0.717. The second-order valence-electron chi connectivity index (χ2n) is 10.5. The Balaban J connectivity index is 1.69. The van der Waals surface area contributed by atoms with Gasteiger partial charge in [-0.3, -0.25) is 14.4 Å². The van der Waals surface area contributed by atoms with Crippen LogP contribution >= 0.6 is 0 Å². The molecule has 2 aromatic carbocycles. The van der Waals surface area contributed by atoms with Crippen molar-refractivity contribution < 1.29 is 14.4 Å². The lowest BCUT2D eigenvalue weighted by atomic mass is 9.67. The molecule has 0 heterocycles. The maximum Gasteiger partial charge on any atom is 0.193 e. The van der Waals surface area contributed by atoms with Crippen molar-refractivity contribution in [2.75, 3.05) is 0 Å². The molecule has 3 heteroatoms. The maximum atomic E-state index is 13.4. The van der Waals surface area contributed by atoms with E-state index in [1.807, 2.05) is 6.92 Å². The second kappa shape index (κ2) is 7.95. The summed E-state index contributed by atoms with van der Waals surface area (Å²) in [4.78, 5) is 38.4. The van der Waals surface area contributed by atoms with Crippen molar-refractivity contribution in [3.8, 4) is 0 Å². The first kappa shape index (κ1) is 22.4. The van der Waals surface area contributed by atoms with Gasteiger partial charge in [0.15, 0.2) is 5.78 Å². The van der Waals surface area contributed by atoms with E-state index in [1.165, 1.54) is 11.1 Å². The van der Waals surface area contributed by atoms with Crippen LogP contribution in [0.4, 0.5) is 0 Å². The van der Waals surface area contributed by atoms with Gasteiger partial charge in [-0.2, -0.15) is 0 Å². The van der Waals surface area contributed by atoms with E-state index < -0.39 is 5.92 Å². The smallest absolute Gasteiger partial charge is 0.193 e. The van der Waals surface area contributed by atoms with Gasteiger partial charge >= 0.3 is 0 Å². The monoisotopic (exact) mass is 428 g/mol. The lowest BCUT2D eigenvalue weighted by Crippen LogP contribution is -2.29. The lowest BCUT2D eigenvalue weighted by molar-refractivity contribution is -0.128. The van der Waals surface area contributed by atoms with Crippen LogP contribution in [0.5, 0.6) is 0 Å². The summed E-state index contributed by atoms with van der Waals surface area (Å²) in [6, 6.07) is 11.3. The van der Waals surface area contributed by atoms with Gasteiger partial charge in [0.05, 0.1) is 0 Å². The minimum absolute atomic E-state index is 0.00462. The largest absolute Gasteiger partial charge is 0.299 e. The number of ketones is 3. The van der Waals surface area contributed by atoms with Gasteiger partial charge in [-0.05, 0) is 48.1 Å². The number of allylic oxidation sites excluding steroid dienone is 2. The number of Topliss-reactive ketones (excluding diaryl/α,β-unsaturated/α-hetero) is 2. The van der Waals surface area contributed by atoms with Crippen LogP contribution in [0.2, 0.25) is 0 Å². The van der Waals surface area contributed by atoms with Crippen LogP contribution in [0.25, 0.3) is 0 Å². The third-order valence-electron chi connectivity index (χ3n) is 7.16. The fourth-order valence-electron chi connectivity index (χ4n) is 5.04. The Hall–Kier alpha value is -2.81. The molecule has 0 atom stereocenters. The fraction of sp³-hybridized carbons (Fsp3) is 0.414. The summed E-state index contributed by atoms with van der Waals surface area (Å²) in [7, 11) is 0. The number of carbonyl (C=O) groups is 3. The normalized spacial score (nSPS) is 20.0. The number of benzene rings is 2. The van der Waals surface area contributed by atoms with Crippen LogP contribution in [0.3, 0.4) is 0 Å². The molecular formula is C29H32O3. The average Bonchev–Trinajstić information content (AvgIpc) is 2.91. The van der Waals surface area contributed by atoms with E-state index in [9.17, 15) is 14.4 Å². The van der Waals surface area contributed by atoms with Crippen molar-refractivity contribution in [2.45, 2.75) is 77.0 Å². The summed E-state index contributed by atoms with van der Waals surface area (Å²) in [5.41, 5.74) is 5.18. The van der Waals surface area contributed by atoms with Gasteiger partial charge in [0, 0.05) is 34.8 Å². The molecule has 0 amide bonds. The molecule has 0 spiro atoms. The van der Waals surface area contributed by atoms with Crippen molar-refractivity contribution in [1.29, 1.82) is 0 Å². The van der Waals surface area contributed by atoms with Crippen LogP contribution in [-0.4, -0.2) is 17.3 Å². The quantitative estimate of drug-likeness (QED) is 0.255. The molecule has 3 nitrogen and oxygen atoms in total. The Morgan fingerprint density at radius 1 is 0.812 bits per heavy atom. The van der Waals surface area contributed by atoms with Gasteiger partial charge in [-0.1, -0.05) is 70.2 Å². The topological polar surface area (TPSA) is 51.2 Å². The van der Waals surface area contributed by atoms with E-state index in [0.29, 0.717) is 29.5 Å². The molecule has 1 fully saturated rings. The van der Waals surface area contributed by atoms with Crippen molar-refractivity contribution in [1.82, 2.24) is 0 Å². The highest BCUT2D eigenvalue weighted by atomic mass is 16.2. The van der Waals surface area contributed by atoms with Gasteiger partial charge in [0.25, 0.3) is 0 Å². The SMILES string of the molecule is Cc1cc2c(cc1C(=O)c1ccc(C3C(=O)CCCCC3=O)cc1)C(C)(C)C=CC2(C)C. The summed E-state index contributed by atoms with van der Waals surface area (Å²) in [6.07, 6.45) is 6.94. The number of hydrogen-bond donors (Lipinski definition) is 0. The zero-order chi connectivity index (χ0) is 23.3. The maximum absolute atomic E-state index is 13.4. The third kappa shape index (κ3) is 3.90. The molecule has 0 saturated heterocycles. The Kier molecular flexibility index (Phi) is 5.56. The van der Waals surface area contributed by atoms with Crippen molar-refractivity contribution in [3.05, 3.63) is 81.9 Å². The molecule has 4 rings (SSSR count). The number of fused-ring (bicyclic) bond motifs is 1. The van der Waals surface area contributed by atoms with E-state index in [1.54, 1.807) is 24.3 Å². The van der Waals surface area contributed by atoms with Crippen molar-refractivity contribution in [3.63, 3.8) is 0 Å². The summed E-state index contributed by atoms with van der Waals surface area (Å²) in [6.45, 7) is 10.8. The first-order valence-corrected chi connectivity index (χ1v) is 11.6. The summed E-state index contributed by atoms with van der Waals surface area (Å²) < 4.78 is 0. The van der Waals surface area contributed by atoms with Crippen LogP contribution in [0.15, 0.2) is 48.6 Å². The molecule has 2 aliphatic carbocycles. The van der Waals surface area contributed by atoms with Crippen LogP contribution < -0.4 is 0 Å². The zero-order valence-corrected chi connectivity index (χ0v) is 19.7. The summed E-state index contributed by atoms with van der Waals surface area (Å²) in [5, 5.41) is 0. The minimum Gasteiger partial charge on any atom is -0.299 e. The van der Waals surface area contributed by atoms with Gasteiger partial charge in [-0.15, -0.1) is 0 Å². The Morgan fingerprint density at radius 3 is 1.84 bits per heavy atom. The fourth-order valence-corrected chi connectivity index (χ4v) is 5.04. The van der Waals surface area contributed by atoms with Gasteiger partial charge < -0.3 is 0 Å². The van der Waals surface area contributed by atoms with Gasteiger partial charge in [0.2, 0.25) is 0 Å². The molecule has 0 aromatic heterocycles. The Bertz CT molecular complexity index is 1110.